The van der Waals surface area contributed by atoms with Gasteiger partial charge in [0.2, 0.25) is 0 Å². The summed E-state index contributed by atoms with van der Waals surface area (Å²) in [6.07, 6.45) is 8.61. The minimum absolute atomic E-state index is 0.000231. The van der Waals surface area contributed by atoms with Gasteiger partial charge in [-0.25, -0.2) is 4.79 Å². The van der Waals surface area contributed by atoms with Crippen LogP contribution < -0.4 is 5.73 Å². The molecule has 0 saturated carbocycles. The number of carbonyl (C=O) groups excluding carboxylic acids is 1. The van der Waals surface area contributed by atoms with Gasteiger partial charge in [-0.05, 0) is 60.8 Å². The molecule has 0 radical (unpaired) electrons. The summed E-state index contributed by atoms with van der Waals surface area (Å²) in [4.78, 5) is 14.5. The molecule has 2 aliphatic rings. The Morgan fingerprint density at radius 2 is 2.12 bits per heavy atom. The van der Waals surface area contributed by atoms with Crippen LogP contribution in [0.25, 0.3) is 0 Å². The second-order valence-corrected chi connectivity index (χ2v) is 8.26. The van der Waals surface area contributed by atoms with Crippen molar-refractivity contribution >= 4 is 6.09 Å². The first-order valence-electron chi connectivity index (χ1n) is 8.82. The maximum absolute atomic E-state index is 12.7. The Hall–Kier alpha value is -1.33. The summed E-state index contributed by atoms with van der Waals surface area (Å²) >= 11 is 0. The summed E-state index contributed by atoms with van der Waals surface area (Å²) in [5.74, 6) is 0. The molecule has 2 N–H and O–H groups in total. The van der Waals surface area contributed by atoms with Crippen molar-refractivity contribution in [3.05, 3.63) is 23.8 Å². The fourth-order valence-electron chi connectivity index (χ4n) is 3.41. The van der Waals surface area contributed by atoms with Gasteiger partial charge in [0.15, 0.2) is 0 Å². The van der Waals surface area contributed by atoms with Gasteiger partial charge in [-0.3, -0.25) is 4.90 Å². The molecule has 0 aromatic heterocycles. The van der Waals surface area contributed by atoms with Crippen LogP contribution in [-0.2, 0) is 9.47 Å². The van der Waals surface area contributed by atoms with Gasteiger partial charge in [-0.2, -0.15) is 0 Å². The Morgan fingerprint density at radius 3 is 2.67 bits per heavy atom. The van der Waals surface area contributed by atoms with Gasteiger partial charge in [0.25, 0.3) is 0 Å². The summed E-state index contributed by atoms with van der Waals surface area (Å²) in [6, 6.07) is 0.124. The van der Waals surface area contributed by atoms with Crippen molar-refractivity contribution in [2.24, 2.45) is 5.73 Å². The molecule has 3 atom stereocenters. The molecule has 5 nitrogen and oxygen atoms in total. The zero-order chi connectivity index (χ0) is 18.1. The third-order valence-electron chi connectivity index (χ3n) is 4.46. The molecule has 0 aromatic rings. The standard InChI is InChI=1S/C19H32N2O3/c1-13-16(12-9-14-7-10-15(20)11-8-14)21(19(5,6)23-13)17(22)24-18(2,3)4/h7-8,10,13,15-16H,9,11-12,20H2,1-6H3/t13-,15?,16+/m1/s1. The van der Waals surface area contributed by atoms with Crippen LogP contribution in [-0.4, -0.2) is 40.5 Å². The van der Waals surface area contributed by atoms with Crippen molar-refractivity contribution in [1.29, 1.82) is 0 Å². The van der Waals surface area contributed by atoms with Crippen LogP contribution in [0, 0.1) is 0 Å². The Labute approximate surface area is 145 Å². The van der Waals surface area contributed by atoms with Crippen LogP contribution in [0.15, 0.2) is 23.8 Å². The van der Waals surface area contributed by atoms with E-state index >= 15 is 0 Å². The lowest BCUT2D eigenvalue weighted by atomic mass is 9.96. The first-order valence-corrected chi connectivity index (χ1v) is 8.82. The zero-order valence-electron chi connectivity index (χ0n) is 15.8. The molecule has 1 saturated heterocycles. The zero-order valence-corrected chi connectivity index (χ0v) is 15.8. The van der Waals surface area contributed by atoms with Crippen molar-refractivity contribution < 1.29 is 14.3 Å². The monoisotopic (exact) mass is 336 g/mol. The molecule has 2 rings (SSSR count). The number of nitrogens with two attached hydrogens (primary N) is 1. The smallest absolute Gasteiger partial charge is 0.412 e. The normalized spacial score (nSPS) is 29.5. The first-order chi connectivity index (χ1) is 11.0. The van der Waals surface area contributed by atoms with Crippen LogP contribution in [0.5, 0.6) is 0 Å². The van der Waals surface area contributed by atoms with Gasteiger partial charge in [-0.1, -0.05) is 23.8 Å². The van der Waals surface area contributed by atoms with E-state index in [-0.39, 0.29) is 24.3 Å². The Kier molecular flexibility index (Phi) is 5.45. The molecular formula is C19H32N2O3. The minimum atomic E-state index is -0.661. The lowest BCUT2D eigenvalue weighted by Crippen LogP contribution is -2.50. The summed E-state index contributed by atoms with van der Waals surface area (Å²) in [6.45, 7) is 11.5. The number of amides is 1. The summed E-state index contributed by atoms with van der Waals surface area (Å²) in [5.41, 5.74) is 5.97. The fourth-order valence-corrected chi connectivity index (χ4v) is 3.41. The van der Waals surface area contributed by atoms with Crippen LogP contribution in [0.3, 0.4) is 0 Å². The molecule has 1 heterocycles. The van der Waals surface area contributed by atoms with Gasteiger partial charge in [0, 0.05) is 6.04 Å². The summed E-state index contributed by atoms with van der Waals surface area (Å²) in [5, 5.41) is 0. The molecule has 0 bridgehead atoms. The van der Waals surface area contributed by atoms with Crippen molar-refractivity contribution in [2.45, 2.75) is 90.3 Å². The molecule has 136 valence electrons. The lowest BCUT2D eigenvalue weighted by Gasteiger charge is -2.35. The second-order valence-electron chi connectivity index (χ2n) is 8.26. The van der Waals surface area contributed by atoms with Crippen LogP contribution >= 0.6 is 0 Å². The van der Waals surface area contributed by atoms with E-state index in [9.17, 15) is 4.79 Å². The highest BCUT2D eigenvalue weighted by Gasteiger charge is 2.49. The van der Waals surface area contributed by atoms with Crippen LogP contribution in [0.2, 0.25) is 0 Å². The number of nitrogens with zero attached hydrogens (tertiary/aromatic N) is 1. The van der Waals surface area contributed by atoms with Crippen molar-refractivity contribution in [1.82, 2.24) is 4.90 Å². The molecule has 24 heavy (non-hydrogen) atoms. The molecule has 5 heteroatoms. The van der Waals surface area contributed by atoms with Gasteiger partial charge in [0.05, 0.1) is 12.1 Å². The van der Waals surface area contributed by atoms with E-state index in [1.807, 2.05) is 47.6 Å². The molecule has 0 spiro atoms. The van der Waals surface area contributed by atoms with E-state index in [1.54, 1.807) is 4.90 Å². The van der Waals surface area contributed by atoms with E-state index in [0.29, 0.717) is 0 Å². The van der Waals surface area contributed by atoms with E-state index < -0.39 is 11.3 Å². The summed E-state index contributed by atoms with van der Waals surface area (Å²) < 4.78 is 11.6. The Balaban J connectivity index is 2.08. The maximum atomic E-state index is 12.7. The van der Waals surface area contributed by atoms with E-state index in [0.717, 1.165) is 19.3 Å². The van der Waals surface area contributed by atoms with Crippen LogP contribution in [0.4, 0.5) is 4.79 Å². The van der Waals surface area contributed by atoms with E-state index in [4.69, 9.17) is 15.2 Å². The molecule has 1 aliphatic carbocycles. The van der Waals surface area contributed by atoms with Gasteiger partial charge < -0.3 is 15.2 Å². The molecule has 1 aliphatic heterocycles. The third kappa shape index (κ3) is 4.61. The number of ether oxygens (including phenoxy) is 2. The largest absolute Gasteiger partial charge is 0.444 e. The first kappa shape index (κ1) is 19.0. The van der Waals surface area contributed by atoms with Crippen molar-refractivity contribution in [2.75, 3.05) is 0 Å². The molecule has 0 aromatic carbocycles. The van der Waals surface area contributed by atoms with E-state index in [1.165, 1.54) is 5.57 Å². The average molecular weight is 336 g/mol. The average Bonchev–Trinajstić information content (AvgIpc) is 2.65. The SMILES string of the molecule is C[C@H]1OC(C)(C)N(C(=O)OC(C)(C)C)[C@H]1CCC1=CCC(N)C=C1. The minimum Gasteiger partial charge on any atom is -0.444 e. The van der Waals surface area contributed by atoms with Crippen LogP contribution in [0.1, 0.15) is 60.8 Å². The topological polar surface area (TPSA) is 64.8 Å². The number of hydrogen-bond donors (Lipinski definition) is 1. The highest BCUT2D eigenvalue weighted by Crippen LogP contribution is 2.36. The molecule has 1 unspecified atom stereocenters. The molecular weight excluding hydrogens is 304 g/mol. The Morgan fingerprint density at radius 1 is 1.46 bits per heavy atom. The molecule has 1 fully saturated rings. The lowest BCUT2D eigenvalue weighted by molar-refractivity contribution is -0.0757. The summed E-state index contributed by atoms with van der Waals surface area (Å²) in [7, 11) is 0. The van der Waals surface area contributed by atoms with Gasteiger partial charge >= 0.3 is 6.09 Å². The van der Waals surface area contributed by atoms with Crippen molar-refractivity contribution in [3.63, 3.8) is 0 Å². The Bertz CT molecular complexity index is 531. The highest BCUT2D eigenvalue weighted by atomic mass is 16.6. The van der Waals surface area contributed by atoms with Gasteiger partial charge in [0.1, 0.15) is 11.3 Å². The number of hydrogen-bond acceptors (Lipinski definition) is 4. The van der Waals surface area contributed by atoms with Gasteiger partial charge in [-0.15, -0.1) is 0 Å². The predicted molar refractivity (Wildman–Crippen MR) is 95.5 cm³/mol. The third-order valence-corrected chi connectivity index (χ3v) is 4.46. The van der Waals surface area contributed by atoms with Crippen molar-refractivity contribution in [3.8, 4) is 0 Å². The highest BCUT2D eigenvalue weighted by molar-refractivity contribution is 5.70. The second kappa shape index (κ2) is 6.89. The number of carbonyl (C=O) groups is 1. The number of allylic oxidation sites excluding steroid dienone is 2. The fraction of sp³-hybridized carbons (Fsp3) is 0.737. The van der Waals surface area contributed by atoms with E-state index in [2.05, 4.69) is 12.2 Å². The quantitative estimate of drug-likeness (QED) is 0.852. The predicted octanol–water partition coefficient (Wildman–Crippen LogP) is 3.74. The number of rotatable bonds is 3. The molecule has 1 amide bonds. The maximum Gasteiger partial charge on any atom is 0.412 e.